The van der Waals surface area contributed by atoms with Gasteiger partial charge in [-0.1, -0.05) is 36.4 Å². The van der Waals surface area contributed by atoms with Crippen molar-refractivity contribution >= 4 is 46.8 Å². The van der Waals surface area contributed by atoms with Gasteiger partial charge in [0.25, 0.3) is 0 Å². The Hall–Kier alpha value is -2.03. The Morgan fingerprint density at radius 1 is 1.00 bits per heavy atom. The quantitative estimate of drug-likeness (QED) is 0.243. The molecule has 0 fully saturated rings. The third kappa shape index (κ3) is 8.77. The molecule has 0 aliphatic heterocycles. The van der Waals surface area contributed by atoms with E-state index < -0.39 is 5.60 Å². The van der Waals surface area contributed by atoms with Crippen LogP contribution in [0.4, 0.5) is 4.79 Å². The number of alkyl carbamates (subject to hydrolysis) is 1. The Morgan fingerprint density at radius 2 is 1.68 bits per heavy atom. The molecule has 28 heavy (non-hydrogen) atoms. The van der Waals surface area contributed by atoms with E-state index in [4.69, 9.17) is 4.74 Å². The van der Waals surface area contributed by atoms with Crippen LogP contribution in [-0.4, -0.2) is 37.8 Å². The second-order valence-corrected chi connectivity index (χ2v) is 7.32. The summed E-state index contributed by atoms with van der Waals surface area (Å²) in [5.74, 6) is 0.737. The van der Waals surface area contributed by atoms with Crippen molar-refractivity contribution in [2.45, 2.75) is 39.3 Å². The zero-order valence-corrected chi connectivity index (χ0v) is 19.4. The molecular formula is C21H31IN4O2. The van der Waals surface area contributed by atoms with E-state index in [9.17, 15) is 4.79 Å². The maximum atomic E-state index is 11.6. The van der Waals surface area contributed by atoms with Gasteiger partial charge in [-0.25, -0.2) is 4.79 Å². The average molecular weight is 498 g/mol. The van der Waals surface area contributed by atoms with Gasteiger partial charge in [0.05, 0.1) is 0 Å². The van der Waals surface area contributed by atoms with Crippen LogP contribution >= 0.6 is 24.0 Å². The van der Waals surface area contributed by atoms with Crippen molar-refractivity contribution in [1.29, 1.82) is 0 Å². The standard InChI is InChI=1S/C21H30N4O2.HI/c1-21(2,3)27-20(26)24-13-7-12-23-19(22-4)25-15-16-10-11-17-8-5-6-9-18(17)14-16;/h5-6,8-11,14H,7,12-13,15H2,1-4H3,(H,24,26)(H2,22,23,25);1H. The lowest BCUT2D eigenvalue weighted by Crippen LogP contribution is -2.39. The molecule has 1 amide bonds. The smallest absolute Gasteiger partial charge is 0.407 e. The zero-order valence-electron chi connectivity index (χ0n) is 17.0. The number of halogens is 1. The van der Waals surface area contributed by atoms with E-state index in [0.29, 0.717) is 19.6 Å². The van der Waals surface area contributed by atoms with Crippen LogP contribution in [0.2, 0.25) is 0 Å². The number of amides is 1. The summed E-state index contributed by atoms with van der Waals surface area (Å²) in [6.45, 7) is 7.48. The fraction of sp³-hybridized carbons (Fsp3) is 0.429. The Kier molecular flexibility index (Phi) is 10.1. The van der Waals surface area contributed by atoms with Crippen molar-refractivity contribution in [2.24, 2.45) is 4.99 Å². The number of carbonyl (C=O) groups excluding carboxylic acids is 1. The molecule has 2 aromatic carbocycles. The van der Waals surface area contributed by atoms with Gasteiger partial charge < -0.3 is 20.7 Å². The number of nitrogens with zero attached hydrogens (tertiary/aromatic N) is 1. The van der Waals surface area contributed by atoms with Gasteiger partial charge >= 0.3 is 6.09 Å². The van der Waals surface area contributed by atoms with Crippen LogP contribution in [0.15, 0.2) is 47.5 Å². The lowest BCUT2D eigenvalue weighted by Gasteiger charge is -2.19. The average Bonchev–Trinajstić information content (AvgIpc) is 2.62. The number of carbonyl (C=O) groups is 1. The Bertz CT molecular complexity index is 787. The minimum atomic E-state index is -0.475. The fourth-order valence-electron chi connectivity index (χ4n) is 2.55. The minimum Gasteiger partial charge on any atom is -0.444 e. The van der Waals surface area contributed by atoms with Crippen molar-refractivity contribution < 1.29 is 9.53 Å². The lowest BCUT2D eigenvalue weighted by atomic mass is 10.1. The monoisotopic (exact) mass is 498 g/mol. The molecule has 7 heteroatoms. The topological polar surface area (TPSA) is 74.8 Å². The fourth-order valence-corrected chi connectivity index (χ4v) is 2.55. The molecule has 0 unspecified atom stereocenters. The predicted molar refractivity (Wildman–Crippen MR) is 126 cm³/mol. The van der Waals surface area contributed by atoms with E-state index in [1.807, 2.05) is 32.9 Å². The number of hydrogen-bond donors (Lipinski definition) is 3. The van der Waals surface area contributed by atoms with Crippen LogP contribution in [0.25, 0.3) is 10.8 Å². The summed E-state index contributed by atoms with van der Waals surface area (Å²) in [6, 6.07) is 14.7. The summed E-state index contributed by atoms with van der Waals surface area (Å²) in [5, 5.41) is 11.8. The molecule has 0 spiro atoms. The maximum absolute atomic E-state index is 11.6. The molecule has 2 aromatic rings. The number of benzene rings is 2. The normalized spacial score (nSPS) is 11.5. The Labute approximate surface area is 184 Å². The van der Waals surface area contributed by atoms with Gasteiger partial charge in [0.1, 0.15) is 5.60 Å². The molecular weight excluding hydrogens is 467 g/mol. The van der Waals surface area contributed by atoms with E-state index in [-0.39, 0.29) is 30.1 Å². The van der Waals surface area contributed by atoms with Gasteiger partial charge in [-0.05, 0) is 49.6 Å². The number of fused-ring (bicyclic) bond motifs is 1. The molecule has 154 valence electrons. The largest absolute Gasteiger partial charge is 0.444 e. The number of aliphatic imine (C=N–C) groups is 1. The molecule has 2 rings (SSSR count). The van der Waals surface area contributed by atoms with Crippen LogP contribution in [0.1, 0.15) is 32.8 Å². The lowest BCUT2D eigenvalue weighted by molar-refractivity contribution is 0.0527. The zero-order chi connectivity index (χ0) is 19.7. The molecule has 0 saturated heterocycles. The van der Waals surface area contributed by atoms with Gasteiger partial charge in [0.2, 0.25) is 0 Å². The predicted octanol–water partition coefficient (Wildman–Crippen LogP) is 4.04. The molecule has 0 bridgehead atoms. The van der Waals surface area contributed by atoms with E-state index in [0.717, 1.165) is 12.4 Å². The van der Waals surface area contributed by atoms with E-state index >= 15 is 0 Å². The first kappa shape index (κ1) is 24.0. The van der Waals surface area contributed by atoms with Crippen LogP contribution in [0.3, 0.4) is 0 Å². The van der Waals surface area contributed by atoms with Gasteiger partial charge in [-0.15, -0.1) is 24.0 Å². The van der Waals surface area contributed by atoms with Gasteiger partial charge in [-0.2, -0.15) is 0 Å². The van der Waals surface area contributed by atoms with Gasteiger partial charge in [-0.3, -0.25) is 4.99 Å². The Morgan fingerprint density at radius 3 is 2.36 bits per heavy atom. The van der Waals surface area contributed by atoms with Crippen molar-refractivity contribution in [3.63, 3.8) is 0 Å². The molecule has 3 N–H and O–H groups in total. The summed E-state index contributed by atoms with van der Waals surface area (Å²) in [4.78, 5) is 15.8. The molecule has 0 aliphatic rings. The summed E-state index contributed by atoms with van der Waals surface area (Å²) < 4.78 is 5.20. The number of hydrogen-bond acceptors (Lipinski definition) is 3. The first-order valence-electron chi connectivity index (χ1n) is 9.26. The van der Waals surface area contributed by atoms with Gasteiger partial charge in [0, 0.05) is 26.7 Å². The summed E-state index contributed by atoms with van der Waals surface area (Å²) in [6.07, 6.45) is 0.386. The molecule has 0 radical (unpaired) electrons. The van der Waals surface area contributed by atoms with Crippen molar-refractivity contribution in [3.05, 3.63) is 48.0 Å². The second-order valence-electron chi connectivity index (χ2n) is 7.32. The highest BCUT2D eigenvalue weighted by Gasteiger charge is 2.15. The number of nitrogens with one attached hydrogen (secondary N) is 3. The Balaban J connectivity index is 0.00000392. The maximum Gasteiger partial charge on any atom is 0.407 e. The van der Waals surface area contributed by atoms with Crippen LogP contribution in [-0.2, 0) is 11.3 Å². The molecule has 0 aliphatic carbocycles. The SMILES string of the molecule is CN=C(NCCCNC(=O)OC(C)(C)C)NCc1ccc2ccccc2c1.I. The first-order valence-corrected chi connectivity index (χ1v) is 9.26. The van der Waals surface area contributed by atoms with Crippen molar-refractivity contribution in [3.8, 4) is 0 Å². The highest BCUT2D eigenvalue weighted by atomic mass is 127. The van der Waals surface area contributed by atoms with Gasteiger partial charge in [0.15, 0.2) is 5.96 Å². The summed E-state index contributed by atoms with van der Waals surface area (Å²) in [5.41, 5.74) is 0.722. The molecule has 0 atom stereocenters. The van der Waals surface area contributed by atoms with E-state index in [1.54, 1.807) is 7.05 Å². The highest BCUT2D eigenvalue weighted by molar-refractivity contribution is 14.0. The van der Waals surface area contributed by atoms with Crippen molar-refractivity contribution in [2.75, 3.05) is 20.1 Å². The molecule has 0 aromatic heterocycles. The number of ether oxygens (including phenoxy) is 1. The third-order valence-corrected chi connectivity index (χ3v) is 3.81. The third-order valence-electron chi connectivity index (χ3n) is 3.81. The van der Waals surface area contributed by atoms with Crippen LogP contribution in [0.5, 0.6) is 0 Å². The summed E-state index contributed by atoms with van der Waals surface area (Å²) in [7, 11) is 1.74. The highest BCUT2D eigenvalue weighted by Crippen LogP contribution is 2.15. The molecule has 6 nitrogen and oxygen atoms in total. The van der Waals surface area contributed by atoms with E-state index in [2.05, 4.69) is 51.3 Å². The minimum absolute atomic E-state index is 0. The molecule has 0 saturated carbocycles. The van der Waals surface area contributed by atoms with Crippen LogP contribution in [0, 0.1) is 0 Å². The first-order chi connectivity index (χ1) is 12.9. The molecule has 0 heterocycles. The second kappa shape index (κ2) is 11.7. The summed E-state index contributed by atoms with van der Waals surface area (Å²) >= 11 is 0. The number of rotatable bonds is 6. The number of guanidine groups is 1. The van der Waals surface area contributed by atoms with Crippen molar-refractivity contribution in [1.82, 2.24) is 16.0 Å². The van der Waals surface area contributed by atoms with Crippen LogP contribution < -0.4 is 16.0 Å². The van der Waals surface area contributed by atoms with E-state index in [1.165, 1.54) is 16.3 Å².